The van der Waals surface area contributed by atoms with Gasteiger partial charge in [-0.25, -0.2) is 18.7 Å². The Labute approximate surface area is 268 Å². The number of hydrogen-bond donors (Lipinski definition) is 2. The molecule has 1 aliphatic rings. The fourth-order valence-corrected chi connectivity index (χ4v) is 5.26. The molecule has 1 aromatic carbocycles. The highest BCUT2D eigenvalue weighted by molar-refractivity contribution is 6.07. The number of nitrogens with zero attached hydrogens (tertiary/aromatic N) is 4. The molecule has 0 fully saturated rings. The molecule has 3 heterocycles. The monoisotopic (exact) mass is 644 g/mol. The van der Waals surface area contributed by atoms with E-state index in [-0.39, 0.29) is 40.9 Å². The van der Waals surface area contributed by atoms with Gasteiger partial charge >= 0.3 is 12.1 Å². The number of aromatic nitrogens is 3. The molecular weight excluding hydrogens is 599 g/mol. The molecule has 0 saturated carbocycles. The predicted molar refractivity (Wildman–Crippen MR) is 172 cm³/mol. The smallest absolute Gasteiger partial charge is 0.407 e. The summed E-state index contributed by atoms with van der Waals surface area (Å²) in [6.45, 7) is 14.5. The number of alkyl carbamates (subject to hydrolysis) is 1. The first-order chi connectivity index (χ1) is 21.8. The van der Waals surface area contributed by atoms with E-state index < -0.39 is 29.0 Å². The quantitative estimate of drug-likeness (QED) is 0.239. The molecule has 1 unspecified atom stereocenters. The van der Waals surface area contributed by atoms with Gasteiger partial charge in [-0.05, 0) is 58.7 Å². The van der Waals surface area contributed by atoms with Crippen molar-refractivity contribution in [2.45, 2.75) is 73.1 Å². The number of benzene rings is 1. The van der Waals surface area contributed by atoms with E-state index in [9.17, 15) is 23.6 Å². The number of hydrogen-bond acceptors (Lipinski definition) is 9. The number of esters is 1. The molecule has 2 aromatic heterocycles. The molecule has 46 heavy (non-hydrogen) atoms. The number of halogens is 1. The average Bonchev–Trinajstić information content (AvgIpc) is 3.38. The van der Waals surface area contributed by atoms with Crippen molar-refractivity contribution in [3.05, 3.63) is 51.2 Å². The number of anilines is 1. The number of amides is 2. The summed E-state index contributed by atoms with van der Waals surface area (Å²) in [5.41, 5.74) is -0.273. The van der Waals surface area contributed by atoms with Gasteiger partial charge in [-0.1, -0.05) is 19.9 Å². The SMILES string of the molecule is CC.CCN1CC(C)n2c(c(OC)c3c(=O)n(Cc4ccc(F)cc4C(=O)OC)nc(NCCCNC(=O)OC(C)(C)C)c32)C1=O. The van der Waals surface area contributed by atoms with Crippen LogP contribution in [0.5, 0.6) is 5.75 Å². The Kier molecular flexibility index (Phi) is 11.8. The van der Waals surface area contributed by atoms with Crippen LogP contribution in [0.15, 0.2) is 23.0 Å². The molecule has 3 aromatic rings. The van der Waals surface area contributed by atoms with Crippen LogP contribution < -0.4 is 20.9 Å². The summed E-state index contributed by atoms with van der Waals surface area (Å²) in [4.78, 5) is 53.7. The van der Waals surface area contributed by atoms with Crippen molar-refractivity contribution in [1.82, 2.24) is 24.6 Å². The fourth-order valence-electron chi connectivity index (χ4n) is 5.26. The molecule has 1 atom stereocenters. The first-order valence-corrected chi connectivity index (χ1v) is 15.4. The Morgan fingerprint density at radius 2 is 1.83 bits per heavy atom. The van der Waals surface area contributed by atoms with Gasteiger partial charge in [-0.15, -0.1) is 5.10 Å². The third-order valence-electron chi connectivity index (χ3n) is 7.17. The van der Waals surface area contributed by atoms with Gasteiger partial charge in [0.15, 0.2) is 17.3 Å². The Morgan fingerprint density at radius 3 is 2.43 bits per heavy atom. The molecule has 0 aliphatic carbocycles. The zero-order valence-corrected chi connectivity index (χ0v) is 28.1. The molecule has 14 heteroatoms. The van der Waals surface area contributed by atoms with Crippen LogP contribution in [-0.2, 0) is 16.0 Å². The van der Waals surface area contributed by atoms with E-state index in [0.29, 0.717) is 49.5 Å². The van der Waals surface area contributed by atoms with Crippen molar-refractivity contribution < 1.29 is 33.0 Å². The van der Waals surface area contributed by atoms with Gasteiger partial charge < -0.3 is 34.3 Å². The number of methoxy groups -OCH3 is 2. The third-order valence-corrected chi connectivity index (χ3v) is 7.17. The van der Waals surface area contributed by atoms with Crippen molar-refractivity contribution in [2.75, 3.05) is 45.7 Å². The Hall–Kier alpha value is -4.62. The summed E-state index contributed by atoms with van der Waals surface area (Å²) in [7, 11) is 2.58. The molecule has 13 nitrogen and oxygen atoms in total. The van der Waals surface area contributed by atoms with Crippen LogP contribution in [0.4, 0.5) is 15.0 Å². The highest BCUT2D eigenvalue weighted by Gasteiger charge is 2.37. The first kappa shape index (κ1) is 35.9. The van der Waals surface area contributed by atoms with Crippen LogP contribution in [0.1, 0.15) is 87.3 Å². The molecule has 252 valence electrons. The lowest BCUT2D eigenvalue weighted by Gasteiger charge is -2.32. The standard InChI is InChI=1S/C30H39FN6O7.C2H6/c1-8-35-15-17(2)37-22-21(24(42-6)23(37)27(35)39)26(38)36(16-18-10-11-19(31)14-20(18)28(40)43-7)34-25(22)32-12-9-13-33-29(41)44-30(3,4)5;1-2/h10-11,14,17H,8-9,12-13,15-16H2,1-7H3,(H,32,34)(H,33,41);1-2H3. The van der Waals surface area contributed by atoms with Crippen molar-refractivity contribution in [3.8, 4) is 5.75 Å². The van der Waals surface area contributed by atoms with E-state index in [0.717, 1.165) is 10.7 Å². The lowest BCUT2D eigenvalue weighted by molar-refractivity contribution is 0.0526. The second-order valence-electron chi connectivity index (χ2n) is 11.5. The summed E-state index contributed by atoms with van der Waals surface area (Å²) < 4.78 is 32.8. The van der Waals surface area contributed by atoms with Crippen molar-refractivity contribution in [2.24, 2.45) is 0 Å². The van der Waals surface area contributed by atoms with E-state index in [1.54, 1.807) is 30.2 Å². The average molecular weight is 645 g/mol. The number of carbonyl (C=O) groups excluding carboxylic acids is 3. The van der Waals surface area contributed by atoms with Gasteiger partial charge in [0.05, 0.1) is 26.3 Å². The highest BCUT2D eigenvalue weighted by Crippen LogP contribution is 2.39. The molecule has 2 amide bonds. The molecule has 2 N–H and O–H groups in total. The summed E-state index contributed by atoms with van der Waals surface area (Å²) in [5, 5.41) is 10.7. The summed E-state index contributed by atoms with van der Waals surface area (Å²) in [6, 6.07) is 3.41. The van der Waals surface area contributed by atoms with Crippen LogP contribution in [0, 0.1) is 5.82 Å². The number of fused-ring (bicyclic) bond motifs is 3. The van der Waals surface area contributed by atoms with Crippen LogP contribution in [-0.4, -0.2) is 83.2 Å². The minimum Gasteiger partial charge on any atom is -0.493 e. The van der Waals surface area contributed by atoms with Crippen molar-refractivity contribution in [3.63, 3.8) is 0 Å². The second kappa shape index (κ2) is 15.1. The number of carbonyl (C=O) groups is 3. The number of rotatable bonds is 10. The first-order valence-electron chi connectivity index (χ1n) is 15.4. The maximum absolute atomic E-state index is 14.0. The maximum Gasteiger partial charge on any atom is 0.407 e. The minimum absolute atomic E-state index is 0.0467. The highest BCUT2D eigenvalue weighted by atomic mass is 19.1. The molecule has 0 spiro atoms. The Balaban J connectivity index is 0.00000282. The Bertz CT molecular complexity index is 1640. The predicted octanol–water partition coefficient (Wildman–Crippen LogP) is 4.57. The second-order valence-corrected chi connectivity index (χ2v) is 11.5. The topological polar surface area (TPSA) is 146 Å². The number of likely N-dealkylation sites (N-methyl/N-ethyl adjacent to an activating group) is 1. The van der Waals surface area contributed by atoms with Crippen LogP contribution in [0.25, 0.3) is 10.9 Å². The largest absolute Gasteiger partial charge is 0.493 e. The summed E-state index contributed by atoms with van der Waals surface area (Å²) in [5.74, 6) is -1.25. The van der Waals surface area contributed by atoms with Crippen LogP contribution >= 0.6 is 0 Å². The maximum atomic E-state index is 14.0. The number of nitrogens with one attached hydrogen (secondary N) is 2. The van der Waals surface area contributed by atoms with Gasteiger partial charge in [0.25, 0.3) is 11.5 Å². The lowest BCUT2D eigenvalue weighted by atomic mass is 10.1. The minimum atomic E-state index is -0.763. The van der Waals surface area contributed by atoms with Gasteiger partial charge in [0.1, 0.15) is 22.3 Å². The van der Waals surface area contributed by atoms with Crippen LogP contribution in [0.2, 0.25) is 0 Å². The van der Waals surface area contributed by atoms with Crippen molar-refractivity contribution in [1.29, 1.82) is 0 Å². The van der Waals surface area contributed by atoms with Crippen LogP contribution in [0.3, 0.4) is 0 Å². The summed E-state index contributed by atoms with van der Waals surface area (Å²) >= 11 is 0. The molecular formula is C32H45FN6O7. The van der Waals surface area contributed by atoms with Gasteiger partial charge in [0, 0.05) is 32.2 Å². The van der Waals surface area contributed by atoms with Crippen molar-refractivity contribution >= 4 is 34.7 Å². The van der Waals surface area contributed by atoms with E-state index in [1.165, 1.54) is 26.4 Å². The Morgan fingerprint density at radius 1 is 1.13 bits per heavy atom. The molecule has 4 rings (SSSR count). The van der Waals surface area contributed by atoms with Gasteiger partial charge in [0.2, 0.25) is 0 Å². The van der Waals surface area contributed by atoms with E-state index in [2.05, 4.69) is 15.7 Å². The zero-order valence-electron chi connectivity index (χ0n) is 28.1. The molecule has 0 bridgehead atoms. The normalized spacial score (nSPS) is 14.3. The molecule has 0 saturated heterocycles. The molecule has 0 radical (unpaired) electrons. The third kappa shape index (κ3) is 7.60. The van der Waals surface area contributed by atoms with E-state index >= 15 is 0 Å². The molecule has 1 aliphatic heterocycles. The lowest BCUT2D eigenvalue weighted by Crippen LogP contribution is -2.42. The fraction of sp³-hybridized carbons (Fsp3) is 0.531. The van der Waals surface area contributed by atoms with E-state index in [1.807, 2.05) is 27.7 Å². The van der Waals surface area contributed by atoms with Gasteiger partial charge in [-0.3, -0.25) is 9.59 Å². The zero-order chi connectivity index (χ0) is 34.3. The number of ether oxygens (including phenoxy) is 3. The van der Waals surface area contributed by atoms with E-state index in [4.69, 9.17) is 14.2 Å². The van der Waals surface area contributed by atoms with Gasteiger partial charge in [-0.2, -0.15) is 0 Å². The summed E-state index contributed by atoms with van der Waals surface area (Å²) in [6.07, 6.45) is -0.0556.